The van der Waals surface area contributed by atoms with Gasteiger partial charge in [0.05, 0.1) is 5.69 Å². The van der Waals surface area contributed by atoms with Crippen molar-refractivity contribution in [2.75, 3.05) is 13.2 Å². The molecule has 0 aromatic carbocycles. The van der Waals surface area contributed by atoms with E-state index in [2.05, 4.69) is 10.2 Å². The summed E-state index contributed by atoms with van der Waals surface area (Å²) in [7, 11) is 0. The third-order valence-electron chi connectivity index (χ3n) is 2.44. The number of rotatable bonds is 2. The van der Waals surface area contributed by atoms with E-state index in [4.69, 9.17) is 16.3 Å². The van der Waals surface area contributed by atoms with Gasteiger partial charge in [0.15, 0.2) is 5.15 Å². The van der Waals surface area contributed by atoms with Gasteiger partial charge in [0.1, 0.15) is 0 Å². The quantitative estimate of drug-likeness (QED) is 0.753. The van der Waals surface area contributed by atoms with Crippen LogP contribution in [-0.4, -0.2) is 23.4 Å². The first-order valence-corrected chi connectivity index (χ1v) is 5.28. The maximum absolute atomic E-state index is 5.66. The maximum Gasteiger partial charge on any atom is 0.151 e. The predicted molar refractivity (Wildman–Crippen MR) is 54.3 cm³/mol. The molecule has 0 saturated carbocycles. The highest BCUT2D eigenvalue weighted by Crippen LogP contribution is 2.17. The Bertz CT molecular complexity index is 283. The van der Waals surface area contributed by atoms with Gasteiger partial charge in [-0.3, -0.25) is 0 Å². The monoisotopic (exact) mass is 212 g/mol. The maximum atomic E-state index is 5.66. The lowest BCUT2D eigenvalue weighted by molar-refractivity contribution is 0.0546. The van der Waals surface area contributed by atoms with Crippen LogP contribution in [0.2, 0.25) is 5.15 Å². The predicted octanol–water partition coefficient (Wildman–Crippen LogP) is 2.10. The molecule has 2 heterocycles. The number of aromatic nitrogens is 2. The van der Waals surface area contributed by atoms with Crippen LogP contribution in [0.15, 0.2) is 12.1 Å². The van der Waals surface area contributed by atoms with E-state index in [-0.39, 0.29) is 0 Å². The Morgan fingerprint density at radius 2 is 2.36 bits per heavy atom. The molecule has 0 radical (unpaired) electrons. The average Bonchev–Trinajstić information content (AvgIpc) is 2.23. The van der Waals surface area contributed by atoms with Crippen LogP contribution in [-0.2, 0) is 11.2 Å². The van der Waals surface area contributed by atoms with Crippen molar-refractivity contribution in [1.29, 1.82) is 0 Å². The van der Waals surface area contributed by atoms with E-state index in [1.54, 1.807) is 6.07 Å². The van der Waals surface area contributed by atoms with Gasteiger partial charge in [-0.05, 0) is 37.3 Å². The topological polar surface area (TPSA) is 35.0 Å². The number of nitrogens with zero attached hydrogens (tertiary/aromatic N) is 2. The van der Waals surface area contributed by atoms with Crippen LogP contribution >= 0.6 is 11.6 Å². The Balaban J connectivity index is 1.92. The van der Waals surface area contributed by atoms with Gasteiger partial charge in [-0.25, -0.2) is 0 Å². The third-order valence-corrected chi connectivity index (χ3v) is 2.64. The Labute approximate surface area is 88.4 Å². The molecular weight excluding hydrogens is 200 g/mol. The minimum absolute atomic E-state index is 0.452. The lowest BCUT2D eigenvalue weighted by Gasteiger charge is -2.21. The summed E-state index contributed by atoms with van der Waals surface area (Å²) in [6.45, 7) is 1.76. The molecule has 1 unspecified atom stereocenters. The van der Waals surface area contributed by atoms with Crippen LogP contribution in [0.4, 0.5) is 0 Å². The molecule has 1 aromatic rings. The Kier molecular flexibility index (Phi) is 3.32. The zero-order valence-corrected chi connectivity index (χ0v) is 8.70. The normalized spacial score (nSPS) is 22.2. The molecule has 1 aliphatic heterocycles. The molecule has 1 aromatic heterocycles. The van der Waals surface area contributed by atoms with Crippen molar-refractivity contribution in [3.63, 3.8) is 0 Å². The molecule has 0 spiro atoms. The van der Waals surface area contributed by atoms with E-state index < -0.39 is 0 Å². The van der Waals surface area contributed by atoms with E-state index in [1.165, 1.54) is 6.42 Å². The standard InChI is InChI=1S/C10H13ClN2O/c11-10-4-3-9(12-13-10)6-8-2-1-5-14-7-8/h3-4,8H,1-2,5-7H2. The first kappa shape index (κ1) is 9.87. The van der Waals surface area contributed by atoms with Gasteiger partial charge in [0.25, 0.3) is 0 Å². The van der Waals surface area contributed by atoms with Crippen molar-refractivity contribution < 1.29 is 4.74 Å². The minimum Gasteiger partial charge on any atom is -0.381 e. The summed E-state index contributed by atoms with van der Waals surface area (Å²) < 4.78 is 5.40. The highest BCUT2D eigenvalue weighted by molar-refractivity contribution is 6.29. The fourth-order valence-corrected chi connectivity index (χ4v) is 1.82. The molecule has 1 atom stereocenters. The van der Waals surface area contributed by atoms with Gasteiger partial charge in [-0.1, -0.05) is 11.6 Å². The zero-order chi connectivity index (χ0) is 9.80. The molecule has 1 saturated heterocycles. The second kappa shape index (κ2) is 4.71. The largest absolute Gasteiger partial charge is 0.381 e. The van der Waals surface area contributed by atoms with Gasteiger partial charge < -0.3 is 4.74 Å². The fraction of sp³-hybridized carbons (Fsp3) is 0.600. The molecule has 0 N–H and O–H groups in total. The van der Waals surface area contributed by atoms with Crippen LogP contribution in [0.25, 0.3) is 0 Å². The molecule has 4 heteroatoms. The summed E-state index contributed by atoms with van der Waals surface area (Å²) in [5.41, 5.74) is 1.00. The lowest BCUT2D eigenvalue weighted by atomic mass is 9.97. The van der Waals surface area contributed by atoms with Gasteiger partial charge in [0.2, 0.25) is 0 Å². The molecule has 0 amide bonds. The molecule has 1 aliphatic rings. The van der Waals surface area contributed by atoms with Crippen LogP contribution in [0.1, 0.15) is 18.5 Å². The van der Waals surface area contributed by atoms with Crippen molar-refractivity contribution in [1.82, 2.24) is 10.2 Å². The van der Waals surface area contributed by atoms with Crippen LogP contribution in [0.3, 0.4) is 0 Å². The highest BCUT2D eigenvalue weighted by Gasteiger charge is 2.14. The average molecular weight is 213 g/mol. The summed E-state index contributed by atoms with van der Waals surface area (Å²) in [5.74, 6) is 0.597. The van der Waals surface area contributed by atoms with E-state index >= 15 is 0 Å². The summed E-state index contributed by atoms with van der Waals surface area (Å²) in [5, 5.41) is 8.31. The molecular formula is C10H13ClN2O. The van der Waals surface area contributed by atoms with Gasteiger partial charge >= 0.3 is 0 Å². The summed E-state index contributed by atoms with van der Waals surface area (Å²) >= 11 is 5.66. The van der Waals surface area contributed by atoms with Gasteiger partial charge in [-0.2, -0.15) is 5.10 Å². The van der Waals surface area contributed by atoms with E-state index in [1.807, 2.05) is 6.07 Å². The van der Waals surface area contributed by atoms with Crippen LogP contribution in [0.5, 0.6) is 0 Å². The first-order chi connectivity index (χ1) is 6.84. The van der Waals surface area contributed by atoms with Crippen molar-refractivity contribution in [2.24, 2.45) is 5.92 Å². The third kappa shape index (κ3) is 2.66. The Hall–Kier alpha value is -0.670. The van der Waals surface area contributed by atoms with Crippen LogP contribution < -0.4 is 0 Å². The van der Waals surface area contributed by atoms with Crippen molar-refractivity contribution in [3.8, 4) is 0 Å². The molecule has 1 fully saturated rings. The summed E-state index contributed by atoms with van der Waals surface area (Å²) in [4.78, 5) is 0. The van der Waals surface area contributed by atoms with E-state index in [0.29, 0.717) is 11.1 Å². The second-order valence-electron chi connectivity index (χ2n) is 3.63. The second-order valence-corrected chi connectivity index (χ2v) is 4.02. The Morgan fingerprint density at radius 1 is 1.43 bits per heavy atom. The summed E-state index contributed by atoms with van der Waals surface area (Å²) in [6.07, 6.45) is 3.33. The molecule has 3 nitrogen and oxygen atoms in total. The molecule has 0 bridgehead atoms. The van der Waals surface area contributed by atoms with Crippen molar-refractivity contribution in [2.45, 2.75) is 19.3 Å². The summed E-state index contributed by atoms with van der Waals surface area (Å²) in [6, 6.07) is 3.72. The van der Waals surface area contributed by atoms with Gasteiger partial charge in [-0.15, -0.1) is 5.10 Å². The highest BCUT2D eigenvalue weighted by atomic mass is 35.5. The van der Waals surface area contributed by atoms with Crippen molar-refractivity contribution in [3.05, 3.63) is 23.0 Å². The zero-order valence-electron chi connectivity index (χ0n) is 7.95. The van der Waals surface area contributed by atoms with Crippen LogP contribution in [0, 0.1) is 5.92 Å². The number of halogens is 1. The molecule has 76 valence electrons. The number of ether oxygens (including phenoxy) is 1. The SMILES string of the molecule is Clc1ccc(CC2CCCOC2)nn1. The number of hydrogen-bond donors (Lipinski definition) is 0. The smallest absolute Gasteiger partial charge is 0.151 e. The minimum atomic E-state index is 0.452. The van der Waals surface area contributed by atoms with Gasteiger partial charge in [0, 0.05) is 13.2 Å². The lowest BCUT2D eigenvalue weighted by Crippen LogP contribution is -2.19. The number of hydrogen-bond acceptors (Lipinski definition) is 3. The van der Waals surface area contributed by atoms with E-state index in [0.717, 1.165) is 31.7 Å². The fourth-order valence-electron chi connectivity index (χ4n) is 1.72. The molecule has 0 aliphatic carbocycles. The van der Waals surface area contributed by atoms with Crippen molar-refractivity contribution >= 4 is 11.6 Å². The first-order valence-electron chi connectivity index (χ1n) is 4.90. The van der Waals surface area contributed by atoms with E-state index in [9.17, 15) is 0 Å². The Morgan fingerprint density at radius 3 is 3.00 bits per heavy atom. The molecule has 2 rings (SSSR count). The molecule has 14 heavy (non-hydrogen) atoms.